The molecule has 0 aliphatic heterocycles. The van der Waals surface area contributed by atoms with Crippen LogP contribution in [0.2, 0.25) is 10.0 Å². The van der Waals surface area contributed by atoms with E-state index >= 15 is 0 Å². The molecule has 202 valence electrons. The van der Waals surface area contributed by atoms with Gasteiger partial charge in [-0.2, -0.15) is 13.2 Å². The molecule has 14 heteroatoms. The van der Waals surface area contributed by atoms with Crippen LogP contribution in [0.1, 0.15) is 18.9 Å². The van der Waals surface area contributed by atoms with E-state index in [4.69, 9.17) is 65.5 Å². The smallest absolute Gasteiger partial charge is 0.471 e. The first-order valence-corrected chi connectivity index (χ1v) is 12.1. The summed E-state index contributed by atoms with van der Waals surface area (Å²) in [5, 5.41) is 5.73. The highest BCUT2D eigenvalue weighted by Gasteiger charge is 2.39. The number of amides is 1. The SMILES string of the molecule is CCO/N=C(\NC(=O)C(F)(F)F)c1ccc(OCCCOc2c(Cl)cc(OCC=C(Cl)Cl)cc2Cl)cc1. The quantitative estimate of drug-likeness (QED) is 0.123. The highest BCUT2D eigenvalue weighted by atomic mass is 35.5. The molecule has 1 amide bonds. The van der Waals surface area contributed by atoms with Crippen molar-refractivity contribution in [2.24, 2.45) is 5.16 Å². The molecule has 0 saturated carbocycles. The van der Waals surface area contributed by atoms with Gasteiger partial charge in [0.1, 0.15) is 29.2 Å². The lowest BCUT2D eigenvalue weighted by molar-refractivity contribution is -0.171. The Balaban J connectivity index is 1.86. The van der Waals surface area contributed by atoms with Gasteiger partial charge in [-0.15, -0.1) is 0 Å². The van der Waals surface area contributed by atoms with Gasteiger partial charge in [0.2, 0.25) is 0 Å². The molecule has 2 aromatic carbocycles. The number of oxime groups is 1. The number of amidine groups is 1. The molecule has 0 unspecified atom stereocenters. The van der Waals surface area contributed by atoms with Crippen molar-refractivity contribution in [2.75, 3.05) is 26.4 Å². The lowest BCUT2D eigenvalue weighted by atomic mass is 10.2. The Labute approximate surface area is 231 Å². The highest BCUT2D eigenvalue weighted by molar-refractivity contribution is 6.55. The molecule has 0 radical (unpaired) electrons. The van der Waals surface area contributed by atoms with Gasteiger partial charge in [0.15, 0.2) is 11.6 Å². The van der Waals surface area contributed by atoms with Crippen LogP contribution in [0, 0.1) is 0 Å². The summed E-state index contributed by atoms with van der Waals surface area (Å²) in [6.07, 6.45) is -3.15. The lowest BCUT2D eigenvalue weighted by Gasteiger charge is -2.13. The number of hydrogen-bond donors (Lipinski definition) is 1. The van der Waals surface area contributed by atoms with Crippen molar-refractivity contribution in [3.8, 4) is 17.2 Å². The second-order valence-corrected chi connectivity index (χ2v) is 8.73. The standard InChI is InChI=1S/C23H21Cl4F3N2O5/c1-2-37-32-21(31-22(33)23(28,29)30)14-4-6-15(7-5-14)34-9-3-10-36-20-17(24)12-16(13-18(20)25)35-11-8-19(26)27/h4-8,12-13H,2-3,9-11H2,1H3,(H,31,32,33). The van der Waals surface area contributed by atoms with Crippen molar-refractivity contribution >= 4 is 58.1 Å². The topological polar surface area (TPSA) is 78.4 Å². The second kappa shape index (κ2) is 15.0. The zero-order valence-electron chi connectivity index (χ0n) is 19.2. The van der Waals surface area contributed by atoms with E-state index in [1.54, 1.807) is 12.2 Å². The van der Waals surface area contributed by atoms with Gasteiger partial charge in [-0.25, -0.2) is 0 Å². The van der Waals surface area contributed by atoms with Gasteiger partial charge < -0.3 is 19.0 Å². The van der Waals surface area contributed by atoms with Gasteiger partial charge in [-0.3, -0.25) is 10.1 Å². The Morgan fingerprint density at radius 3 is 2.19 bits per heavy atom. The zero-order valence-corrected chi connectivity index (χ0v) is 22.2. The maximum atomic E-state index is 12.6. The number of carbonyl (C=O) groups excluding carboxylic acids is 1. The second-order valence-electron chi connectivity index (χ2n) is 6.91. The van der Waals surface area contributed by atoms with Crippen LogP contribution in [0.3, 0.4) is 0 Å². The summed E-state index contributed by atoms with van der Waals surface area (Å²) in [4.78, 5) is 16.1. The highest BCUT2D eigenvalue weighted by Crippen LogP contribution is 2.37. The molecule has 0 spiro atoms. The van der Waals surface area contributed by atoms with E-state index in [-0.39, 0.29) is 58.1 Å². The molecule has 1 N–H and O–H groups in total. The predicted octanol–water partition coefficient (Wildman–Crippen LogP) is 6.92. The van der Waals surface area contributed by atoms with Gasteiger partial charge in [0.25, 0.3) is 0 Å². The van der Waals surface area contributed by atoms with Crippen LogP contribution in [0.5, 0.6) is 17.2 Å². The number of hydrogen-bond acceptors (Lipinski definition) is 6. The molecule has 37 heavy (non-hydrogen) atoms. The third kappa shape index (κ3) is 10.8. The molecule has 0 aliphatic carbocycles. The molecule has 7 nitrogen and oxygen atoms in total. The predicted molar refractivity (Wildman–Crippen MR) is 136 cm³/mol. The average molecular weight is 604 g/mol. The number of ether oxygens (including phenoxy) is 3. The van der Waals surface area contributed by atoms with Crippen LogP contribution < -0.4 is 19.5 Å². The number of halogens is 7. The van der Waals surface area contributed by atoms with E-state index in [1.165, 1.54) is 42.5 Å². The number of carbonyl (C=O) groups is 1. The summed E-state index contributed by atoms with van der Waals surface area (Å²) >= 11 is 23.5. The number of benzene rings is 2. The van der Waals surface area contributed by atoms with Crippen LogP contribution in [0.15, 0.2) is 52.1 Å². The fourth-order valence-corrected chi connectivity index (χ4v) is 3.25. The molecule has 2 aromatic rings. The minimum Gasteiger partial charge on any atom is -0.493 e. The molecule has 0 saturated heterocycles. The monoisotopic (exact) mass is 602 g/mol. The Morgan fingerprint density at radius 2 is 1.62 bits per heavy atom. The molecule has 0 fully saturated rings. The summed E-state index contributed by atoms with van der Waals surface area (Å²) in [6, 6.07) is 8.96. The summed E-state index contributed by atoms with van der Waals surface area (Å²) in [5.41, 5.74) is 0.195. The van der Waals surface area contributed by atoms with Crippen molar-refractivity contribution in [3.63, 3.8) is 0 Å². The van der Waals surface area contributed by atoms with E-state index in [0.717, 1.165) is 0 Å². The largest absolute Gasteiger partial charge is 0.493 e. The normalized spacial score (nSPS) is 11.5. The van der Waals surface area contributed by atoms with Crippen molar-refractivity contribution < 1.29 is 37.0 Å². The van der Waals surface area contributed by atoms with Gasteiger partial charge in [-0.1, -0.05) is 51.6 Å². The Morgan fingerprint density at radius 1 is 1.00 bits per heavy atom. The van der Waals surface area contributed by atoms with E-state index in [9.17, 15) is 18.0 Å². The molecule has 0 heterocycles. The third-order valence-electron chi connectivity index (χ3n) is 4.17. The molecule has 0 aromatic heterocycles. The Bertz CT molecular complexity index is 1090. The zero-order chi connectivity index (χ0) is 27.4. The fourth-order valence-electron chi connectivity index (χ4n) is 2.55. The van der Waals surface area contributed by atoms with E-state index < -0.39 is 12.1 Å². The molecule has 0 atom stereocenters. The lowest BCUT2D eigenvalue weighted by Crippen LogP contribution is -2.41. The first kappa shape index (κ1) is 30.7. The molecule has 0 bridgehead atoms. The van der Waals surface area contributed by atoms with Crippen LogP contribution in [-0.2, 0) is 9.63 Å². The summed E-state index contributed by atoms with van der Waals surface area (Å²) in [6.45, 7) is 2.32. The van der Waals surface area contributed by atoms with Gasteiger partial charge >= 0.3 is 12.1 Å². The molecule has 2 rings (SSSR count). The molecular formula is C23H21Cl4F3N2O5. The van der Waals surface area contributed by atoms with Gasteiger partial charge in [0.05, 0.1) is 23.3 Å². The van der Waals surface area contributed by atoms with Crippen LogP contribution in [-0.4, -0.2) is 44.3 Å². The molecule has 0 aliphatic rings. The number of rotatable bonds is 12. The Kier molecular flexibility index (Phi) is 12.5. The van der Waals surface area contributed by atoms with E-state index in [0.29, 0.717) is 17.9 Å². The number of nitrogens with zero attached hydrogens (tertiary/aromatic N) is 1. The average Bonchev–Trinajstić information content (AvgIpc) is 2.82. The maximum absolute atomic E-state index is 12.6. The van der Waals surface area contributed by atoms with Crippen molar-refractivity contribution in [2.45, 2.75) is 19.5 Å². The number of nitrogens with one attached hydrogen (secondary N) is 1. The summed E-state index contributed by atoms with van der Waals surface area (Å²) < 4.78 is 54.5. The maximum Gasteiger partial charge on any atom is 0.471 e. The fraction of sp³-hybridized carbons (Fsp3) is 0.304. The summed E-state index contributed by atoms with van der Waals surface area (Å²) in [5.74, 6) is -1.42. The van der Waals surface area contributed by atoms with Crippen LogP contribution in [0.25, 0.3) is 0 Å². The van der Waals surface area contributed by atoms with Gasteiger partial charge in [-0.05, 0) is 37.3 Å². The minimum atomic E-state index is -5.07. The first-order chi connectivity index (χ1) is 17.5. The van der Waals surface area contributed by atoms with Crippen molar-refractivity contribution in [3.05, 3.63) is 62.6 Å². The minimum absolute atomic E-state index is 0.0740. The molecular weight excluding hydrogens is 583 g/mol. The van der Waals surface area contributed by atoms with Crippen molar-refractivity contribution in [1.29, 1.82) is 0 Å². The van der Waals surface area contributed by atoms with E-state index in [1.807, 2.05) is 0 Å². The van der Waals surface area contributed by atoms with Crippen molar-refractivity contribution in [1.82, 2.24) is 5.32 Å². The van der Waals surface area contributed by atoms with E-state index in [2.05, 4.69) is 5.16 Å². The Hall–Kier alpha value is -2.53. The summed E-state index contributed by atoms with van der Waals surface area (Å²) in [7, 11) is 0. The number of alkyl halides is 3. The van der Waals surface area contributed by atoms with Crippen LogP contribution >= 0.6 is 46.4 Å². The van der Waals surface area contributed by atoms with Crippen LogP contribution in [0.4, 0.5) is 13.2 Å². The first-order valence-electron chi connectivity index (χ1n) is 10.6. The third-order valence-corrected chi connectivity index (χ3v) is 5.04. The van der Waals surface area contributed by atoms with Gasteiger partial charge in [0, 0.05) is 24.1 Å².